The molecule has 0 saturated heterocycles. The molecule has 0 aromatic carbocycles. The molecule has 13 heavy (non-hydrogen) atoms. The van der Waals surface area contributed by atoms with Crippen LogP contribution in [0.2, 0.25) is 4.55 Å². The van der Waals surface area contributed by atoms with E-state index in [1.54, 1.807) is 0 Å². The Hall–Kier alpha value is 0.976. The molecule has 0 aromatic heterocycles. The van der Waals surface area contributed by atoms with Crippen molar-refractivity contribution >= 4 is 21.7 Å². The Morgan fingerprint density at radius 3 is 2.00 bits per heavy atom. The van der Waals surface area contributed by atoms with Crippen molar-refractivity contribution in [3.63, 3.8) is 0 Å². The van der Waals surface area contributed by atoms with Crippen LogP contribution in [0.25, 0.3) is 0 Å². The third-order valence-electron chi connectivity index (χ3n) is 1.73. The SMILES string of the molecule is CCCC/C=C/C=C\CC[CH2][Mg+].[I-]. The van der Waals surface area contributed by atoms with Crippen LogP contribution in [0.5, 0.6) is 0 Å². The Morgan fingerprint density at radius 1 is 1.00 bits per heavy atom. The zero-order valence-corrected chi connectivity index (χ0v) is 12.2. The summed E-state index contributed by atoms with van der Waals surface area (Å²) < 4.78 is 1.32. The fourth-order valence-corrected chi connectivity index (χ4v) is 1.22. The van der Waals surface area contributed by atoms with E-state index in [9.17, 15) is 0 Å². The van der Waals surface area contributed by atoms with Crippen molar-refractivity contribution in [1.82, 2.24) is 0 Å². The van der Waals surface area contributed by atoms with Crippen LogP contribution in [0.4, 0.5) is 0 Å². The van der Waals surface area contributed by atoms with E-state index < -0.39 is 0 Å². The molecule has 0 aromatic rings. The van der Waals surface area contributed by atoms with Gasteiger partial charge in [0.2, 0.25) is 0 Å². The van der Waals surface area contributed by atoms with Gasteiger partial charge in [-0.15, -0.1) is 0 Å². The minimum Gasteiger partial charge on any atom is -1.00 e. The van der Waals surface area contributed by atoms with E-state index in [-0.39, 0.29) is 24.0 Å². The van der Waals surface area contributed by atoms with Crippen LogP contribution in [0.1, 0.15) is 39.0 Å². The smallest absolute Gasteiger partial charge is 1.00 e. The monoisotopic (exact) mass is 302 g/mol. The van der Waals surface area contributed by atoms with Crippen LogP contribution in [0.15, 0.2) is 24.3 Å². The second kappa shape index (κ2) is 15.4. The van der Waals surface area contributed by atoms with E-state index >= 15 is 0 Å². The first-order valence-electron chi connectivity index (χ1n) is 5.02. The van der Waals surface area contributed by atoms with E-state index in [2.05, 4.69) is 52.9 Å². The van der Waals surface area contributed by atoms with Crippen LogP contribution in [-0.4, -0.2) is 21.7 Å². The summed E-state index contributed by atoms with van der Waals surface area (Å²) in [4.78, 5) is 0. The minimum absolute atomic E-state index is 0. The maximum absolute atomic E-state index is 2.26. The van der Waals surface area contributed by atoms with E-state index in [1.807, 2.05) is 0 Å². The van der Waals surface area contributed by atoms with Crippen LogP contribution >= 0.6 is 0 Å². The summed E-state index contributed by atoms with van der Waals surface area (Å²) in [6, 6.07) is 0. The van der Waals surface area contributed by atoms with E-state index in [1.165, 1.54) is 36.7 Å². The van der Waals surface area contributed by atoms with Gasteiger partial charge in [0, 0.05) is 0 Å². The molecular weight excluding hydrogens is 283 g/mol. The summed E-state index contributed by atoms with van der Waals surface area (Å²) in [6.45, 7) is 2.23. The Kier molecular flexibility index (Phi) is 19.5. The molecule has 0 aliphatic rings. The maximum Gasteiger partial charge on any atom is -1.00 e. The van der Waals surface area contributed by atoms with Crippen LogP contribution in [-0.2, 0) is 0 Å². The number of halogens is 1. The molecule has 0 heterocycles. The Balaban J connectivity index is 0. The zero-order chi connectivity index (χ0) is 9.07. The fraction of sp³-hybridized carbons (Fsp3) is 0.636. The fourth-order valence-electron chi connectivity index (χ4n) is 0.934. The van der Waals surface area contributed by atoms with Gasteiger partial charge in [-0.2, -0.15) is 0 Å². The van der Waals surface area contributed by atoms with Crippen molar-refractivity contribution < 1.29 is 24.0 Å². The zero-order valence-electron chi connectivity index (χ0n) is 8.64. The van der Waals surface area contributed by atoms with Gasteiger partial charge in [-0.25, -0.2) is 0 Å². The van der Waals surface area contributed by atoms with Gasteiger partial charge < -0.3 is 24.0 Å². The second-order valence-electron chi connectivity index (χ2n) is 2.99. The number of unbranched alkanes of at least 4 members (excludes halogenated alkanes) is 3. The molecule has 0 unspecified atom stereocenters. The van der Waals surface area contributed by atoms with Crippen LogP contribution in [0.3, 0.4) is 0 Å². The van der Waals surface area contributed by atoms with E-state index in [0.29, 0.717) is 0 Å². The van der Waals surface area contributed by atoms with Crippen molar-refractivity contribution in [3.8, 4) is 0 Å². The minimum atomic E-state index is 0. The molecule has 2 heteroatoms. The third-order valence-corrected chi connectivity index (χ3v) is 2.23. The molecule has 0 spiro atoms. The second-order valence-corrected chi connectivity index (χ2v) is 3.70. The molecule has 0 nitrogen and oxygen atoms in total. The van der Waals surface area contributed by atoms with Crippen molar-refractivity contribution in [2.45, 2.75) is 43.6 Å². The van der Waals surface area contributed by atoms with E-state index in [4.69, 9.17) is 0 Å². The Morgan fingerprint density at radius 2 is 1.54 bits per heavy atom. The molecular formula is C11H19IMg. The van der Waals surface area contributed by atoms with Crippen LogP contribution in [0, 0.1) is 0 Å². The van der Waals surface area contributed by atoms with Gasteiger partial charge in [0.05, 0.1) is 0 Å². The van der Waals surface area contributed by atoms with Gasteiger partial charge >= 0.3 is 89.6 Å². The normalized spacial score (nSPS) is 11.0. The summed E-state index contributed by atoms with van der Waals surface area (Å²) >= 11 is 2.05. The molecule has 0 fully saturated rings. The average molecular weight is 302 g/mol. The van der Waals surface area contributed by atoms with Gasteiger partial charge in [0.15, 0.2) is 0 Å². The number of hydrogen-bond acceptors (Lipinski definition) is 0. The van der Waals surface area contributed by atoms with Crippen molar-refractivity contribution in [2.75, 3.05) is 0 Å². The molecule has 0 aliphatic carbocycles. The number of hydrogen-bond donors (Lipinski definition) is 0. The Bertz CT molecular complexity index is 114. The summed E-state index contributed by atoms with van der Waals surface area (Å²) in [5, 5.41) is 0. The first kappa shape index (κ1) is 16.4. The van der Waals surface area contributed by atoms with Crippen LogP contribution < -0.4 is 24.0 Å². The molecule has 0 aliphatic heterocycles. The van der Waals surface area contributed by atoms with E-state index in [0.717, 1.165) is 0 Å². The maximum atomic E-state index is 2.26. The predicted octanol–water partition coefficient (Wildman–Crippen LogP) is 0.660. The number of allylic oxidation sites excluding steroid dienone is 4. The molecule has 0 N–H and O–H groups in total. The van der Waals surface area contributed by atoms with Crippen molar-refractivity contribution in [3.05, 3.63) is 24.3 Å². The molecule has 0 amide bonds. The quantitative estimate of drug-likeness (QED) is 0.280. The predicted molar refractivity (Wildman–Crippen MR) is 57.6 cm³/mol. The summed E-state index contributed by atoms with van der Waals surface area (Å²) in [5.74, 6) is 0. The Labute approximate surface area is 113 Å². The standard InChI is InChI=1S/C11H19.HI.Mg/c1-3-5-7-9-11-10-8-6-4-2;;/h7,9-11H,1,3-6,8H2,2H3;1H;/q;;+1/p-1/b9-7-,11-10+;;. The molecule has 0 saturated carbocycles. The third kappa shape index (κ3) is 15.7. The summed E-state index contributed by atoms with van der Waals surface area (Å²) in [5.41, 5.74) is 0. The van der Waals surface area contributed by atoms with Gasteiger partial charge in [-0.3, -0.25) is 0 Å². The first-order chi connectivity index (χ1) is 5.91. The molecule has 0 rings (SSSR count). The van der Waals surface area contributed by atoms with Crippen molar-refractivity contribution in [1.29, 1.82) is 0 Å². The molecule has 0 bridgehead atoms. The van der Waals surface area contributed by atoms with Gasteiger partial charge in [-0.1, -0.05) is 0 Å². The van der Waals surface area contributed by atoms with Gasteiger partial charge in [0.25, 0.3) is 0 Å². The largest absolute Gasteiger partial charge is 1.00 e. The molecule has 0 radical (unpaired) electrons. The van der Waals surface area contributed by atoms with Crippen molar-refractivity contribution in [2.24, 2.45) is 0 Å². The first-order valence-corrected chi connectivity index (χ1v) is 6.02. The summed E-state index contributed by atoms with van der Waals surface area (Å²) in [7, 11) is 0. The summed E-state index contributed by atoms with van der Waals surface area (Å²) in [6.07, 6.45) is 15.3. The van der Waals surface area contributed by atoms with Gasteiger partial charge in [-0.05, 0) is 0 Å². The average Bonchev–Trinajstić information content (AvgIpc) is 2.10. The molecule has 0 atom stereocenters. The molecule has 72 valence electrons. The topological polar surface area (TPSA) is 0 Å². The van der Waals surface area contributed by atoms with Gasteiger partial charge in [0.1, 0.15) is 0 Å². The number of rotatable bonds is 7.